The molecule has 0 spiro atoms. The van der Waals surface area contributed by atoms with Gasteiger partial charge in [0.25, 0.3) is 5.91 Å². The molecule has 0 fully saturated rings. The van der Waals surface area contributed by atoms with Crippen LogP contribution in [0.25, 0.3) is 0 Å². The summed E-state index contributed by atoms with van der Waals surface area (Å²) in [5.74, 6) is -0.0379. The van der Waals surface area contributed by atoms with E-state index in [9.17, 15) is 9.59 Å². The average molecular weight is 313 g/mol. The lowest BCUT2D eigenvalue weighted by Gasteiger charge is -2.22. The van der Waals surface area contributed by atoms with E-state index in [0.29, 0.717) is 22.9 Å². The van der Waals surface area contributed by atoms with Gasteiger partial charge in [0.2, 0.25) is 5.91 Å². The quantitative estimate of drug-likeness (QED) is 0.877. The van der Waals surface area contributed by atoms with Crippen LogP contribution in [0.15, 0.2) is 18.2 Å². The summed E-state index contributed by atoms with van der Waals surface area (Å²) < 4.78 is 5.18. The zero-order chi connectivity index (χ0) is 16.0. The summed E-state index contributed by atoms with van der Waals surface area (Å²) in [6.07, 6.45) is 0. The third-order valence-corrected chi connectivity index (χ3v) is 3.08. The number of carbonyl (C=O) groups is 2. The molecule has 0 unspecified atom stereocenters. The van der Waals surface area contributed by atoms with Crippen molar-refractivity contribution in [3.63, 3.8) is 0 Å². The van der Waals surface area contributed by atoms with E-state index in [1.165, 1.54) is 12.0 Å². The van der Waals surface area contributed by atoms with Gasteiger partial charge < -0.3 is 15.0 Å². The molecule has 0 atom stereocenters. The second-order valence-corrected chi connectivity index (χ2v) is 5.32. The number of methoxy groups -OCH3 is 1. The van der Waals surface area contributed by atoms with Crippen molar-refractivity contribution in [3.8, 4) is 5.75 Å². The highest BCUT2D eigenvalue weighted by Gasteiger charge is 2.21. The number of rotatable bonds is 6. The molecule has 0 aliphatic rings. The Morgan fingerprint density at radius 3 is 2.57 bits per heavy atom. The molecule has 5 nitrogen and oxygen atoms in total. The fourth-order valence-corrected chi connectivity index (χ4v) is 2.06. The van der Waals surface area contributed by atoms with E-state index in [4.69, 9.17) is 16.3 Å². The summed E-state index contributed by atoms with van der Waals surface area (Å²) in [7, 11) is 1.49. The third-order valence-electron chi connectivity index (χ3n) is 2.84. The number of likely N-dealkylation sites (N-methyl/N-ethyl adjacent to an activating group) is 1. The summed E-state index contributed by atoms with van der Waals surface area (Å²) in [4.78, 5) is 25.8. The van der Waals surface area contributed by atoms with Crippen LogP contribution >= 0.6 is 11.6 Å². The average Bonchev–Trinajstić information content (AvgIpc) is 2.43. The standard InChI is InChI=1S/C15H21ClN2O3/c1-5-18(9-14(19)17-10(2)3)15(20)12-8-11(16)6-7-13(12)21-4/h6-8,10H,5,9H2,1-4H3,(H,17,19). The normalized spacial score (nSPS) is 10.4. The van der Waals surface area contributed by atoms with Crippen LogP contribution in [-0.2, 0) is 4.79 Å². The first-order chi connectivity index (χ1) is 9.88. The Morgan fingerprint density at radius 1 is 1.38 bits per heavy atom. The molecular formula is C15H21ClN2O3. The summed E-state index contributed by atoms with van der Waals surface area (Å²) in [5.41, 5.74) is 0.351. The van der Waals surface area contributed by atoms with Crippen LogP contribution in [0.2, 0.25) is 5.02 Å². The maximum atomic E-state index is 12.5. The molecule has 116 valence electrons. The molecule has 0 aromatic heterocycles. The highest BCUT2D eigenvalue weighted by molar-refractivity contribution is 6.31. The Morgan fingerprint density at radius 2 is 2.05 bits per heavy atom. The molecule has 0 saturated heterocycles. The molecule has 0 aliphatic carbocycles. The molecule has 0 bridgehead atoms. The minimum atomic E-state index is -0.282. The van der Waals surface area contributed by atoms with E-state index >= 15 is 0 Å². The minimum absolute atomic E-state index is 0.00316. The smallest absolute Gasteiger partial charge is 0.258 e. The Balaban J connectivity index is 2.93. The van der Waals surface area contributed by atoms with E-state index in [-0.39, 0.29) is 24.4 Å². The molecule has 0 saturated carbocycles. The molecule has 0 heterocycles. The Kier molecular flexibility index (Phi) is 6.49. The number of ether oxygens (including phenoxy) is 1. The molecule has 1 aromatic carbocycles. The first-order valence-corrected chi connectivity index (χ1v) is 7.19. The van der Waals surface area contributed by atoms with Gasteiger partial charge in [-0.25, -0.2) is 0 Å². The van der Waals surface area contributed by atoms with Crippen molar-refractivity contribution in [2.75, 3.05) is 20.2 Å². The number of nitrogens with one attached hydrogen (secondary N) is 1. The van der Waals surface area contributed by atoms with E-state index in [1.807, 2.05) is 20.8 Å². The summed E-state index contributed by atoms with van der Waals surface area (Å²) in [5, 5.41) is 3.21. The topological polar surface area (TPSA) is 58.6 Å². The van der Waals surface area contributed by atoms with Crippen LogP contribution in [0.1, 0.15) is 31.1 Å². The van der Waals surface area contributed by atoms with Gasteiger partial charge in [-0.15, -0.1) is 0 Å². The van der Waals surface area contributed by atoms with Crippen molar-refractivity contribution in [1.29, 1.82) is 0 Å². The molecule has 21 heavy (non-hydrogen) atoms. The maximum absolute atomic E-state index is 12.5. The van der Waals surface area contributed by atoms with Crippen LogP contribution in [0.5, 0.6) is 5.75 Å². The number of halogens is 1. The first kappa shape index (κ1) is 17.3. The van der Waals surface area contributed by atoms with Crippen molar-refractivity contribution >= 4 is 23.4 Å². The maximum Gasteiger partial charge on any atom is 0.258 e. The van der Waals surface area contributed by atoms with Gasteiger partial charge in [-0.3, -0.25) is 9.59 Å². The summed E-state index contributed by atoms with van der Waals surface area (Å²) >= 11 is 5.93. The van der Waals surface area contributed by atoms with Crippen molar-refractivity contribution in [3.05, 3.63) is 28.8 Å². The molecule has 0 radical (unpaired) electrons. The highest BCUT2D eigenvalue weighted by atomic mass is 35.5. The van der Waals surface area contributed by atoms with E-state index in [1.54, 1.807) is 18.2 Å². The predicted octanol–water partition coefficient (Wildman–Crippen LogP) is 2.34. The molecule has 2 amide bonds. The molecule has 1 rings (SSSR count). The zero-order valence-electron chi connectivity index (χ0n) is 12.8. The van der Waals surface area contributed by atoms with Gasteiger partial charge in [-0.2, -0.15) is 0 Å². The van der Waals surface area contributed by atoms with Crippen molar-refractivity contribution in [1.82, 2.24) is 10.2 Å². The Hall–Kier alpha value is -1.75. The van der Waals surface area contributed by atoms with E-state index in [0.717, 1.165) is 0 Å². The molecule has 1 N–H and O–H groups in total. The van der Waals surface area contributed by atoms with Crippen LogP contribution < -0.4 is 10.1 Å². The van der Waals surface area contributed by atoms with Crippen LogP contribution in [0.3, 0.4) is 0 Å². The third kappa shape index (κ3) is 4.93. The van der Waals surface area contributed by atoms with Crippen molar-refractivity contribution in [2.24, 2.45) is 0 Å². The fourth-order valence-electron chi connectivity index (χ4n) is 1.89. The summed E-state index contributed by atoms with van der Waals surface area (Å²) in [6.45, 7) is 5.98. The van der Waals surface area contributed by atoms with Gasteiger partial charge >= 0.3 is 0 Å². The Labute approximate surface area is 130 Å². The number of benzene rings is 1. The lowest BCUT2D eigenvalue weighted by molar-refractivity contribution is -0.122. The molecule has 0 aliphatic heterocycles. The van der Waals surface area contributed by atoms with Gasteiger partial charge in [0.1, 0.15) is 5.75 Å². The number of hydrogen-bond donors (Lipinski definition) is 1. The van der Waals surface area contributed by atoms with Gasteiger partial charge in [0.05, 0.1) is 19.2 Å². The second kappa shape index (κ2) is 7.88. The van der Waals surface area contributed by atoms with E-state index in [2.05, 4.69) is 5.32 Å². The highest BCUT2D eigenvalue weighted by Crippen LogP contribution is 2.24. The molecular weight excluding hydrogens is 292 g/mol. The molecule has 6 heteroatoms. The van der Waals surface area contributed by atoms with E-state index < -0.39 is 0 Å². The monoisotopic (exact) mass is 312 g/mol. The van der Waals surface area contributed by atoms with Crippen molar-refractivity contribution in [2.45, 2.75) is 26.8 Å². The summed E-state index contributed by atoms with van der Waals surface area (Å²) in [6, 6.07) is 4.87. The number of nitrogens with zero attached hydrogens (tertiary/aromatic N) is 1. The van der Waals surface area contributed by atoms with Crippen LogP contribution in [0, 0.1) is 0 Å². The van der Waals surface area contributed by atoms with Crippen LogP contribution in [-0.4, -0.2) is 43.0 Å². The molecule has 1 aromatic rings. The Bertz CT molecular complexity index is 518. The second-order valence-electron chi connectivity index (χ2n) is 4.89. The lowest BCUT2D eigenvalue weighted by atomic mass is 10.1. The van der Waals surface area contributed by atoms with Gasteiger partial charge in [-0.05, 0) is 39.0 Å². The largest absolute Gasteiger partial charge is 0.496 e. The number of amides is 2. The lowest BCUT2D eigenvalue weighted by Crippen LogP contribution is -2.42. The SMILES string of the molecule is CCN(CC(=O)NC(C)C)C(=O)c1cc(Cl)ccc1OC. The minimum Gasteiger partial charge on any atom is -0.496 e. The fraction of sp³-hybridized carbons (Fsp3) is 0.467. The zero-order valence-corrected chi connectivity index (χ0v) is 13.5. The van der Waals surface area contributed by atoms with Gasteiger partial charge in [0.15, 0.2) is 0 Å². The predicted molar refractivity (Wildman–Crippen MR) is 82.9 cm³/mol. The first-order valence-electron chi connectivity index (χ1n) is 6.81. The van der Waals surface area contributed by atoms with Crippen LogP contribution in [0.4, 0.5) is 0 Å². The number of hydrogen-bond acceptors (Lipinski definition) is 3. The number of carbonyl (C=O) groups excluding carboxylic acids is 2. The van der Waals surface area contributed by atoms with Gasteiger partial charge in [0, 0.05) is 17.6 Å². The van der Waals surface area contributed by atoms with Gasteiger partial charge in [-0.1, -0.05) is 11.6 Å². The van der Waals surface area contributed by atoms with Crippen molar-refractivity contribution < 1.29 is 14.3 Å².